The molecule has 1 aromatic heterocycles. The second-order valence-corrected chi connectivity index (χ2v) is 7.28. The van der Waals surface area contributed by atoms with E-state index in [0.29, 0.717) is 37.0 Å². The smallest absolute Gasteiger partial charge is 0.214 e. The molecule has 1 aromatic carbocycles. The van der Waals surface area contributed by atoms with Crippen molar-refractivity contribution in [3.8, 4) is 22.8 Å². The number of hydrogen-bond donors (Lipinski definition) is 0. The molecule has 0 N–H and O–H groups in total. The maximum atomic E-state index is 12.5. The molecule has 28 heavy (non-hydrogen) atoms. The molecule has 0 radical (unpaired) electrons. The Morgan fingerprint density at radius 3 is 2.71 bits per heavy atom. The number of benzene rings is 1. The van der Waals surface area contributed by atoms with Gasteiger partial charge in [0.2, 0.25) is 11.5 Å². The molecule has 1 aliphatic heterocycles. The van der Waals surface area contributed by atoms with E-state index in [1.54, 1.807) is 13.2 Å². The van der Waals surface area contributed by atoms with Crippen molar-refractivity contribution in [1.82, 2.24) is 10.1 Å². The van der Waals surface area contributed by atoms with Crippen LogP contribution in [0.4, 0.5) is 0 Å². The van der Waals surface area contributed by atoms with Crippen molar-refractivity contribution >= 4 is 5.78 Å². The number of nitrogens with zero attached hydrogens (tertiary/aromatic N) is 2. The minimum Gasteiger partial charge on any atom is -0.493 e. The Kier molecular flexibility index (Phi) is 5.92. The molecule has 0 atom stereocenters. The van der Waals surface area contributed by atoms with E-state index in [9.17, 15) is 4.79 Å². The summed E-state index contributed by atoms with van der Waals surface area (Å²) in [6, 6.07) is 7.37. The van der Waals surface area contributed by atoms with Gasteiger partial charge in [-0.3, -0.25) is 9.69 Å². The van der Waals surface area contributed by atoms with Crippen molar-refractivity contribution in [1.29, 1.82) is 0 Å². The Hall–Kier alpha value is -2.38. The lowest BCUT2D eigenvalue weighted by molar-refractivity contribution is 0.0363. The minimum atomic E-state index is -0.0726. The summed E-state index contributed by atoms with van der Waals surface area (Å²) in [5, 5.41) is 4.09. The van der Waals surface area contributed by atoms with Crippen LogP contribution in [0.1, 0.15) is 36.2 Å². The zero-order chi connectivity index (χ0) is 19.3. The molecule has 150 valence electrons. The molecule has 2 heterocycles. The van der Waals surface area contributed by atoms with Crippen LogP contribution in [0.5, 0.6) is 11.5 Å². The lowest BCUT2D eigenvalue weighted by Gasteiger charge is -2.25. The first-order valence-electron chi connectivity index (χ1n) is 9.88. The second kappa shape index (κ2) is 8.75. The molecule has 0 spiro atoms. The van der Waals surface area contributed by atoms with Crippen LogP contribution in [-0.4, -0.2) is 61.9 Å². The molecule has 0 unspecified atom stereocenters. The van der Waals surface area contributed by atoms with E-state index >= 15 is 0 Å². The lowest BCUT2D eigenvalue weighted by atomic mass is 10.1. The summed E-state index contributed by atoms with van der Waals surface area (Å²) >= 11 is 0. The normalized spacial score (nSPS) is 18.3. The maximum Gasteiger partial charge on any atom is 0.214 e. The topological polar surface area (TPSA) is 74.0 Å². The van der Waals surface area contributed by atoms with Crippen LogP contribution in [0.2, 0.25) is 0 Å². The van der Waals surface area contributed by atoms with E-state index in [4.69, 9.17) is 18.7 Å². The van der Waals surface area contributed by atoms with E-state index in [1.165, 1.54) is 12.8 Å². The fourth-order valence-corrected chi connectivity index (χ4v) is 3.70. The zero-order valence-electron chi connectivity index (χ0n) is 16.2. The summed E-state index contributed by atoms with van der Waals surface area (Å²) in [6.45, 7) is 3.14. The number of Topliss-reactive ketones (excluding diaryl/α,β-unsaturated/α-hetero) is 1. The van der Waals surface area contributed by atoms with Gasteiger partial charge in [0, 0.05) is 24.7 Å². The van der Waals surface area contributed by atoms with Gasteiger partial charge in [0.25, 0.3) is 0 Å². The first-order chi connectivity index (χ1) is 13.7. The van der Waals surface area contributed by atoms with Gasteiger partial charge in [-0.05, 0) is 43.9 Å². The Morgan fingerprint density at radius 1 is 1.18 bits per heavy atom. The largest absolute Gasteiger partial charge is 0.493 e. The molecule has 7 heteroatoms. The predicted molar refractivity (Wildman–Crippen MR) is 103 cm³/mol. The molecule has 0 bridgehead atoms. The molecule has 7 nitrogen and oxygen atoms in total. The van der Waals surface area contributed by atoms with Crippen molar-refractivity contribution in [2.24, 2.45) is 0 Å². The second-order valence-electron chi connectivity index (χ2n) is 7.28. The summed E-state index contributed by atoms with van der Waals surface area (Å²) in [6.07, 6.45) is 4.76. The van der Waals surface area contributed by atoms with Crippen LogP contribution in [-0.2, 0) is 4.74 Å². The van der Waals surface area contributed by atoms with Crippen LogP contribution in [0.25, 0.3) is 11.3 Å². The van der Waals surface area contributed by atoms with Crippen molar-refractivity contribution in [2.75, 3.05) is 40.0 Å². The first-order valence-corrected chi connectivity index (χ1v) is 9.88. The van der Waals surface area contributed by atoms with E-state index in [0.717, 1.165) is 31.5 Å². The van der Waals surface area contributed by atoms with Gasteiger partial charge in [-0.2, -0.15) is 0 Å². The first kappa shape index (κ1) is 19.0. The average Bonchev–Trinajstić information content (AvgIpc) is 3.41. The number of carbonyl (C=O) groups is 1. The third kappa shape index (κ3) is 4.36. The molecule has 2 aromatic rings. The van der Waals surface area contributed by atoms with E-state index in [2.05, 4.69) is 10.1 Å². The van der Waals surface area contributed by atoms with Gasteiger partial charge in [-0.1, -0.05) is 5.16 Å². The van der Waals surface area contributed by atoms with Crippen LogP contribution >= 0.6 is 0 Å². The quantitative estimate of drug-likeness (QED) is 0.677. The van der Waals surface area contributed by atoms with Crippen molar-refractivity contribution in [3.63, 3.8) is 0 Å². The number of methoxy groups -OCH3 is 1. The molecule has 4 rings (SSSR count). The Bertz CT molecular complexity index is 807. The third-order valence-electron chi connectivity index (χ3n) is 5.31. The average molecular weight is 386 g/mol. The fourth-order valence-electron chi connectivity index (χ4n) is 3.70. The maximum absolute atomic E-state index is 12.5. The number of ether oxygens (including phenoxy) is 3. The Morgan fingerprint density at radius 2 is 1.96 bits per heavy atom. The highest BCUT2D eigenvalue weighted by Crippen LogP contribution is 2.35. The Labute approximate surface area is 164 Å². The third-order valence-corrected chi connectivity index (χ3v) is 5.31. The summed E-state index contributed by atoms with van der Waals surface area (Å²) in [7, 11) is 1.63. The number of carbonyl (C=O) groups excluding carboxylic acids is 1. The molecule has 1 saturated carbocycles. The van der Waals surface area contributed by atoms with Gasteiger partial charge >= 0.3 is 0 Å². The van der Waals surface area contributed by atoms with Crippen LogP contribution in [0.3, 0.4) is 0 Å². The fraction of sp³-hybridized carbons (Fsp3) is 0.524. The summed E-state index contributed by atoms with van der Waals surface area (Å²) < 4.78 is 22.2. The van der Waals surface area contributed by atoms with Crippen molar-refractivity contribution in [2.45, 2.75) is 31.8 Å². The number of aromatic nitrogens is 1. The highest BCUT2D eigenvalue weighted by molar-refractivity contribution is 5.95. The van der Waals surface area contributed by atoms with Crippen LogP contribution < -0.4 is 9.47 Å². The molecular formula is C21H26N2O5. The summed E-state index contributed by atoms with van der Waals surface area (Å²) in [5.41, 5.74) is 1.45. The van der Waals surface area contributed by atoms with Gasteiger partial charge in [-0.25, -0.2) is 0 Å². The van der Waals surface area contributed by atoms with Gasteiger partial charge < -0.3 is 18.7 Å². The number of morpholine rings is 1. The standard InChI is InChI=1S/C21H26N2O5/c1-25-19-7-6-15(12-21(19)27-16-4-2-3-5-16)17-13-20(28-22-17)18(24)14-23-8-10-26-11-9-23/h6-7,12-13,16H,2-5,8-11,14H2,1H3. The summed E-state index contributed by atoms with van der Waals surface area (Å²) in [5.74, 6) is 1.60. The molecule has 1 saturated heterocycles. The molecule has 0 amide bonds. The molecular weight excluding hydrogens is 360 g/mol. The van der Waals surface area contributed by atoms with Gasteiger partial charge in [0.1, 0.15) is 5.69 Å². The van der Waals surface area contributed by atoms with Crippen LogP contribution in [0.15, 0.2) is 28.8 Å². The van der Waals surface area contributed by atoms with Crippen LogP contribution in [0, 0.1) is 0 Å². The Balaban J connectivity index is 1.48. The molecule has 2 fully saturated rings. The van der Waals surface area contributed by atoms with E-state index in [1.807, 2.05) is 18.2 Å². The summed E-state index contributed by atoms with van der Waals surface area (Å²) in [4.78, 5) is 14.6. The monoisotopic (exact) mass is 386 g/mol. The van der Waals surface area contributed by atoms with E-state index in [-0.39, 0.29) is 17.6 Å². The molecule has 1 aliphatic carbocycles. The highest BCUT2D eigenvalue weighted by Gasteiger charge is 2.21. The lowest BCUT2D eigenvalue weighted by Crippen LogP contribution is -2.39. The molecule has 2 aliphatic rings. The van der Waals surface area contributed by atoms with Gasteiger partial charge in [0.05, 0.1) is 33.0 Å². The van der Waals surface area contributed by atoms with Gasteiger partial charge in [0.15, 0.2) is 11.5 Å². The number of rotatable bonds is 7. The SMILES string of the molecule is COc1ccc(-c2cc(C(=O)CN3CCOCC3)on2)cc1OC1CCCC1. The van der Waals surface area contributed by atoms with Crippen molar-refractivity contribution in [3.05, 3.63) is 30.0 Å². The number of ketones is 1. The number of hydrogen-bond acceptors (Lipinski definition) is 7. The van der Waals surface area contributed by atoms with Crippen molar-refractivity contribution < 1.29 is 23.5 Å². The minimum absolute atomic E-state index is 0.0726. The highest BCUT2D eigenvalue weighted by atomic mass is 16.5. The van der Waals surface area contributed by atoms with Gasteiger partial charge in [-0.15, -0.1) is 0 Å². The van der Waals surface area contributed by atoms with E-state index < -0.39 is 0 Å². The zero-order valence-corrected chi connectivity index (χ0v) is 16.2. The predicted octanol–water partition coefficient (Wildman–Crippen LogP) is 3.19.